The molecule has 10 nitrogen and oxygen atoms in total. The van der Waals surface area contributed by atoms with Gasteiger partial charge in [0, 0.05) is 6.54 Å². The fraction of sp³-hybridized carbons (Fsp3) is 0.412. The first-order chi connectivity index (χ1) is 12.9. The number of methoxy groups -OCH3 is 1. The van der Waals surface area contributed by atoms with Crippen LogP contribution in [0.4, 0.5) is 10.5 Å². The van der Waals surface area contributed by atoms with Crippen molar-refractivity contribution >= 4 is 29.9 Å². The highest BCUT2D eigenvalue weighted by Gasteiger charge is 2.21. The molecule has 148 valence electrons. The van der Waals surface area contributed by atoms with E-state index >= 15 is 0 Å². The Morgan fingerprint density at radius 2 is 2.04 bits per heavy atom. The van der Waals surface area contributed by atoms with E-state index in [1.807, 2.05) is 13.0 Å². The second kappa shape index (κ2) is 11.3. The molecule has 0 aliphatic rings. The van der Waals surface area contributed by atoms with Gasteiger partial charge >= 0.3 is 6.03 Å². The molecule has 1 aromatic rings. The van der Waals surface area contributed by atoms with Gasteiger partial charge in [-0.1, -0.05) is 6.07 Å². The minimum atomic E-state index is -0.869. The van der Waals surface area contributed by atoms with Gasteiger partial charge in [-0.3, -0.25) is 14.4 Å². The van der Waals surface area contributed by atoms with E-state index in [9.17, 15) is 19.2 Å². The van der Waals surface area contributed by atoms with Crippen LogP contribution in [0.2, 0.25) is 0 Å². The van der Waals surface area contributed by atoms with Gasteiger partial charge in [-0.2, -0.15) is 0 Å². The number of carbonyl (C=O) groups excluding carboxylic acids is 4. The van der Waals surface area contributed by atoms with Crippen molar-refractivity contribution in [1.82, 2.24) is 16.0 Å². The third-order valence-corrected chi connectivity index (χ3v) is 3.58. The summed E-state index contributed by atoms with van der Waals surface area (Å²) in [6.45, 7) is 1.90. The molecule has 0 aliphatic carbocycles. The van der Waals surface area contributed by atoms with Crippen LogP contribution in [0.1, 0.15) is 18.4 Å². The zero-order valence-electron chi connectivity index (χ0n) is 15.3. The lowest BCUT2D eigenvalue weighted by molar-refractivity contribution is -0.126. The average molecular weight is 379 g/mol. The monoisotopic (exact) mass is 379 g/mol. The molecule has 10 heteroatoms. The number of urea groups is 1. The zero-order chi connectivity index (χ0) is 20.2. The van der Waals surface area contributed by atoms with Crippen LogP contribution in [0.25, 0.3) is 0 Å². The van der Waals surface area contributed by atoms with Crippen LogP contribution in [-0.4, -0.2) is 50.5 Å². The summed E-state index contributed by atoms with van der Waals surface area (Å²) >= 11 is 0. The Labute approximate surface area is 157 Å². The number of primary amides is 1. The first-order valence-electron chi connectivity index (χ1n) is 8.32. The number of benzene rings is 1. The highest BCUT2D eigenvalue weighted by atomic mass is 16.5. The van der Waals surface area contributed by atoms with Crippen molar-refractivity contribution in [2.75, 3.05) is 25.5 Å². The summed E-state index contributed by atoms with van der Waals surface area (Å²) in [6.07, 6.45) is 1.06. The van der Waals surface area contributed by atoms with Gasteiger partial charge in [-0.15, -0.1) is 0 Å². The maximum absolute atomic E-state index is 12.6. The van der Waals surface area contributed by atoms with Crippen molar-refractivity contribution in [3.63, 3.8) is 0 Å². The lowest BCUT2D eigenvalue weighted by Gasteiger charge is -2.19. The fourth-order valence-electron chi connectivity index (χ4n) is 2.29. The van der Waals surface area contributed by atoms with Crippen molar-refractivity contribution in [2.24, 2.45) is 5.73 Å². The van der Waals surface area contributed by atoms with Crippen molar-refractivity contribution in [1.29, 1.82) is 0 Å². The number of anilines is 1. The summed E-state index contributed by atoms with van der Waals surface area (Å²) in [5.74, 6) is -0.469. The summed E-state index contributed by atoms with van der Waals surface area (Å²) in [6, 6.07) is 3.75. The number of ether oxygens (including phenoxy) is 1. The van der Waals surface area contributed by atoms with Gasteiger partial charge in [0.05, 0.1) is 19.3 Å². The smallest absolute Gasteiger partial charge is 0.312 e. The summed E-state index contributed by atoms with van der Waals surface area (Å²) in [4.78, 5) is 45.5. The molecule has 0 saturated carbocycles. The first kappa shape index (κ1) is 21.7. The molecule has 6 N–H and O–H groups in total. The molecule has 0 saturated heterocycles. The summed E-state index contributed by atoms with van der Waals surface area (Å²) in [7, 11) is 1.49. The largest absolute Gasteiger partial charge is 0.495 e. The van der Waals surface area contributed by atoms with Crippen LogP contribution in [0.3, 0.4) is 0 Å². The van der Waals surface area contributed by atoms with E-state index in [1.54, 1.807) is 12.1 Å². The molecule has 1 atom stereocenters. The SMILES string of the molecule is COc1cc(C)ccc1NC(=O)C(CCCNC(N)=O)NC(=O)CNC=O. The van der Waals surface area contributed by atoms with Gasteiger partial charge < -0.3 is 31.7 Å². The van der Waals surface area contributed by atoms with E-state index in [-0.39, 0.29) is 19.5 Å². The molecule has 0 aliphatic heterocycles. The van der Waals surface area contributed by atoms with Crippen molar-refractivity contribution < 1.29 is 23.9 Å². The number of hydrogen-bond acceptors (Lipinski definition) is 5. The standard InChI is InChI=1S/C17H25N5O5/c1-11-5-6-12(14(8-11)27-2)22-16(25)13(4-3-7-20-17(18)26)21-15(24)9-19-10-23/h5-6,8,10,13H,3-4,7,9H2,1-2H3,(H,19,23)(H,21,24)(H,22,25)(H3,18,20,26). The second-order valence-electron chi connectivity index (χ2n) is 5.75. The second-order valence-corrected chi connectivity index (χ2v) is 5.75. The maximum atomic E-state index is 12.6. The molecule has 0 bridgehead atoms. The van der Waals surface area contributed by atoms with Crippen LogP contribution in [0.15, 0.2) is 18.2 Å². The number of carbonyl (C=O) groups is 4. The van der Waals surface area contributed by atoms with Gasteiger partial charge in [0.1, 0.15) is 11.8 Å². The molecule has 0 aromatic heterocycles. The van der Waals surface area contributed by atoms with Gasteiger partial charge in [0.25, 0.3) is 0 Å². The minimum absolute atomic E-state index is 0.249. The molecule has 1 aromatic carbocycles. The van der Waals surface area contributed by atoms with Crippen molar-refractivity contribution in [3.05, 3.63) is 23.8 Å². The topological polar surface area (TPSA) is 152 Å². The molecule has 0 radical (unpaired) electrons. The predicted molar refractivity (Wildman–Crippen MR) is 99.2 cm³/mol. The Bertz CT molecular complexity index is 680. The third kappa shape index (κ3) is 8.08. The van der Waals surface area contributed by atoms with Crippen LogP contribution in [-0.2, 0) is 14.4 Å². The van der Waals surface area contributed by atoms with E-state index in [0.717, 1.165) is 5.56 Å². The van der Waals surface area contributed by atoms with Crippen LogP contribution >= 0.6 is 0 Å². The van der Waals surface area contributed by atoms with E-state index in [1.165, 1.54) is 7.11 Å². The molecule has 1 unspecified atom stereocenters. The van der Waals surface area contributed by atoms with E-state index in [0.29, 0.717) is 24.3 Å². The molecule has 1 rings (SSSR count). The molecular formula is C17H25N5O5. The maximum Gasteiger partial charge on any atom is 0.312 e. The van der Waals surface area contributed by atoms with Crippen molar-refractivity contribution in [2.45, 2.75) is 25.8 Å². The first-order valence-corrected chi connectivity index (χ1v) is 8.32. The van der Waals surface area contributed by atoms with Gasteiger partial charge in [-0.05, 0) is 37.5 Å². The number of aryl methyl sites for hydroxylation is 1. The number of nitrogens with one attached hydrogen (secondary N) is 4. The number of hydrogen-bond donors (Lipinski definition) is 5. The Kier molecular flexibility index (Phi) is 9.13. The zero-order valence-corrected chi connectivity index (χ0v) is 15.3. The van der Waals surface area contributed by atoms with Gasteiger partial charge in [-0.25, -0.2) is 4.79 Å². The molecule has 0 heterocycles. The summed E-state index contributed by atoms with van der Waals surface area (Å²) in [5.41, 5.74) is 6.43. The van der Waals surface area contributed by atoms with E-state index in [4.69, 9.17) is 10.5 Å². The molecule has 27 heavy (non-hydrogen) atoms. The Hall–Kier alpha value is -3.30. The summed E-state index contributed by atoms with van der Waals surface area (Å²) < 4.78 is 5.25. The highest BCUT2D eigenvalue weighted by molar-refractivity contribution is 5.98. The van der Waals surface area contributed by atoms with Gasteiger partial charge in [0.15, 0.2) is 0 Å². The van der Waals surface area contributed by atoms with E-state index < -0.39 is 23.9 Å². The third-order valence-electron chi connectivity index (χ3n) is 3.58. The number of amides is 5. The lowest BCUT2D eigenvalue weighted by atomic mass is 10.1. The fourth-order valence-corrected chi connectivity index (χ4v) is 2.29. The molecular weight excluding hydrogens is 354 g/mol. The normalized spacial score (nSPS) is 11.0. The summed E-state index contributed by atoms with van der Waals surface area (Å²) in [5, 5.41) is 9.92. The number of rotatable bonds is 11. The Morgan fingerprint density at radius 1 is 1.30 bits per heavy atom. The van der Waals surface area contributed by atoms with Crippen LogP contribution < -0.4 is 31.7 Å². The lowest BCUT2D eigenvalue weighted by Crippen LogP contribution is -2.47. The average Bonchev–Trinajstić information content (AvgIpc) is 2.63. The van der Waals surface area contributed by atoms with Crippen molar-refractivity contribution in [3.8, 4) is 5.75 Å². The highest BCUT2D eigenvalue weighted by Crippen LogP contribution is 2.25. The molecule has 0 fully saturated rings. The quantitative estimate of drug-likeness (QED) is 0.262. The van der Waals surface area contributed by atoms with Gasteiger partial charge in [0.2, 0.25) is 18.2 Å². The minimum Gasteiger partial charge on any atom is -0.495 e. The molecule has 0 spiro atoms. The Balaban J connectivity index is 2.79. The molecule has 5 amide bonds. The van der Waals surface area contributed by atoms with E-state index in [2.05, 4.69) is 21.3 Å². The van der Waals surface area contributed by atoms with Crippen LogP contribution in [0.5, 0.6) is 5.75 Å². The Morgan fingerprint density at radius 3 is 2.67 bits per heavy atom. The van der Waals surface area contributed by atoms with Crippen LogP contribution in [0, 0.1) is 6.92 Å². The predicted octanol–water partition coefficient (Wildman–Crippen LogP) is -0.379. The number of nitrogens with two attached hydrogens (primary N) is 1.